The molecule has 0 aliphatic heterocycles. The first-order valence-electron chi connectivity index (χ1n) is 5.25. The molecule has 0 radical (unpaired) electrons. The first kappa shape index (κ1) is 12.9. The molecule has 0 saturated heterocycles. The van der Waals surface area contributed by atoms with Crippen LogP contribution in [0, 0.1) is 6.92 Å². The first-order chi connectivity index (χ1) is 8.56. The number of amides is 1. The van der Waals surface area contributed by atoms with Gasteiger partial charge in [0.05, 0.1) is 11.9 Å². The van der Waals surface area contributed by atoms with Gasteiger partial charge < -0.3 is 5.32 Å². The number of hydrogen-bond donors (Lipinski definition) is 1. The molecule has 5 heteroatoms. The second-order valence-corrected chi connectivity index (χ2v) is 4.59. The molecule has 0 saturated carbocycles. The average molecular weight is 281 g/mol. The van der Waals surface area contributed by atoms with Gasteiger partial charge in [-0.1, -0.05) is 23.2 Å². The summed E-state index contributed by atoms with van der Waals surface area (Å²) in [6.45, 7) is 1.83. The summed E-state index contributed by atoms with van der Waals surface area (Å²) in [5, 5.41) is 3.77. The number of nitrogens with zero attached hydrogens (tertiary/aromatic N) is 1. The van der Waals surface area contributed by atoms with Crippen molar-refractivity contribution in [3.8, 4) is 0 Å². The van der Waals surface area contributed by atoms with Crippen LogP contribution in [0.15, 0.2) is 36.5 Å². The summed E-state index contributed by atoms with van der Waals surface area (Å²) in [5.41, 5.74) is 1.95. The molecule has 1 N–H and O–H groups in total. The molecule has 0 bridgehead atoms. The van der Waals surface area contributed by atoms with Crippen LogP contribution in [0.4, 0.5) is 5.69 Å². The Kier molecular flexibility index (Phi) is 3.84. The van der Waals surface area contributed by atoms with Crippen LogP contribution in [-0.4, -0.2) is 10.9 Å². The Balaban J connectivity index is 2.16. The molecule has 0 unspecified atom stereocenters. The van der Waals surface area contributed by atoms with E-state index in [-0.39, 0.29) is 5.91 Å². The highest BCUT2D eigenvalue weighted by molar-refractivity contribution is 6.30. The van der Waals surface area contributed by atoms with Crippen molar-refractivity contribution in [3.63, 3.8) is 0 Å². The van der Waals surface area contributed by atoms with Gasteiger partial charge in [-0.2, -0.15) is 0 Å². The summed E-state index contributed by atoms with van der Waals surface area (Å²) in [4.78, 5) is 15.9. The topological polar surface area (TPSA) is 42.0 Å². The molecular formula is C13H10Cl2N2O. The predicted octanol–water partition coefficient (Wildman–Crippen LogP) is 3.95. The third kappa shape index (κ3) is 3.00. The zero-order valence-corrected chi connectivity index (χ0v) is 11.1. The van der Waals surface area contributed by atoms with Crippen LogP contribution < -0.4 is 5.32 Å². The summed E-state index contributed by atoms with van der Waals surface area (Å²) in [6.07, 6.45) is 1.52. The number of pyridine rings is 1. The molecule has 2 rings (SSSR count). The number of rotatable bonds is 2. The van der Waals surface area contributed by atoms with E-state index in [4.69, 9.17) is 23.2 Å². The Morgan fingerprint density at radius 3 is 2.50 bits per heavy atom. The summed E-state index contributed by atoms with van der Waals surface area (Å²) >= 11 is 11.6. The lowest BCUT2D eigenvalue weighted by Crippen LogP contribution is -2.12. The van der Waals surface area contributed by atoms with Crippen molar-refractivity contribution in [1.82, 2.24) is 4.98 Å². The van der Waals surface area contributed by atoms with Crippen molar-refractivity contribution in [2.24, 2.45) is 0 Å². The number of benzene rings is 1. The molecule has 0 aliphatic rings. The van der Waals surface area contributed by atoms with Gasteiger partial charge in [-0.3, -0.25) is 4.79 Å². The van der Waals surface area contributed by atoms with Crippen molar-refractivity contribution in [2.45, 2.75) is 6.92 Å². The van der Waals surface area contributed by atoms with E-state index in [1.54, 1.807) is 30.3 Å². The highest BCUT2D eigenvalue weighted by Crippen LogP contribution is 2.17. The minimum atomic E-state index is -0.213. The van der Waals surface area contributed by atoms with E-state index in [0.717, 1.165) is 5.56 Å². The van der Waals surface area contributed by atoms with Gasteiger partial charge in [-0.05, 0) is 42.8 Å². The molecular weight excluding hydrogens is 271 g/mol. The average Bonchev–Trinajstić information content (AvgIpc) is 2.34. The van der Waals surface area contributed by atoms with Gasteiger partial charge in [0.15, 0.2) is 0 Å². The van der Waals surface area contributed by atoms with Gasteiger partial charge in [0.25, 0.3) is 5.91 Å². The second-order valence-electron chi connectivity index (χ2n) is 3.79. The van der Waals surface area contributed by atoms with E-state index in [1.165, 1.54) is 6.20 Å². The number of anilines is 1. The molecule has 92 valence electrons. The third-order valence-electron chi connectivity index (χ3n) is 2.38. The van der Waals surface area contributed by atoms with Gasteiger partial charge in [-0.25, -0.2) is 4.98 Å². The maximum Gasteiger partial charge on any atom is 0.255 e. The van der Waals surface area contributed by atoms with E-state index < -0.39 is 0 Å². The Hall–Kier alpha value is -1.58. The highest BCUT2D eigenvalue weighted by Gasteiger charge is 2.07. The Bertz CT molecular complexity index is 582. The van der Waals surface area contributed by atoms with Crippen LogP contribution >= 0.6 is 23.2 Å². The molecule has 18 heavy (non-hydrogen) atoms. The van der Waals surface area contributed by atoms with Crippen LogP contribution in [0.3, 0.4) is 0 Å². The normalized spacial score (nSPS) is 10.2. The fraction of sp³-hybridized carbons (Fsp3) is 0.0769. The van der Waals surface area contributed by atoms with E-state index in [9.17, 15) is 4.79 Å². The lowest BCUT2D eigenvalue weighted by atomic mass is 10.2. The van der Waals surface area contributed by atoms with Crippen molar-refractivity contribution in [2.75, 3.05) is 5.32 Å². The first-order valence-corrected chi connectivity index (χ1v) is 6.01. The van der Waals surface area contributed by atoms with E-state index in [2.05, 4.69) is 10.3 Å². The molecule has 1 amide bonds. The standard InChI is InChI=1S/C13H10Cl2N2O/c1-8-6-11(7-16-12(8)15)17-13(18)9-2-4-10(14)5-3-9/h2-7H,1H3,(H,17,18). The summed E-state index contributed by atoms with van der Waals surface area (Å²) in [5.74, 6) is -0.213. The molecule has 3 nitrogen and oxygen atoms in total. The van der Waals surface area contributed by atoms with Crippen LogP contribution in [0.2, 0.25) is 10.2 Å². The quantitative estimate of drug-likeness (QED) is 0.847. The number of nitrogens with one attached hydrogen (secondary N) is 1. The number of carbonyl (C=O) groups is 1. The van der Waals surface area contributed by atoms with Gasteiger partial charge in [0.1, 0.15) is 5.15 Å². The van der Waals surface area contributed by atoms with Crippen molar-refractivity contribution in [1.29, 1.82) is 0 Å². The summed E-state index contributed by atoms with van der Waals surface area (Å²) in [6, 6.07) is 8.43. The maximum absolute atomic E-state index is 11.9. The molecule has 0 fully saturated rings. The predicted molar refractivity (Wildman–Crippen MR) is 73.4 cm³/mol. The number of carbonyl (C=O) groups excluding carboxylic acids is 1. The maximum atomic E-state index is 11.9. The molecule has 1 heterocycles. The zero-order chi connectivity index (χ0) is 13.1. The molecule has 0 atom stereocenters. The van der Waals surface area contributed by atoms with Gasteiger partial charge in [-0.15, -0.1) is 0 Å². The van der Waals surface area contributed by atoms with Crippen LogP contribution in [0.1, 0.15) is 15.9 Å². The number of aryl methyl sites for hydroxylation is 1. The third-order valence-corrected chi connectivity index (χ3v) is 3.03. The second kappa shape index (κ2) is 5.38. The summed E-state index contributed by atoms with van der Waals surface area (Å²) in [7, 11) is 0. The van der Waals surface area contributed by atoms with E-state index in [1.807, 2.05) is 6.92 Å². The van der Waals surface area contributed by atoms with Crippen molar-refractivity contribution in [3.05, 3.63) is 57.8 Å². The monoisotopic (exact) mass is 280 g/mol. The molecule has 2 aromatic rings. The minimum Gasteiger partial charge on any atom is -0.321 e. The lowest BCUT2D eigenvalue weighted by Gasteiger charge is -2.06. The molecule has 0 aliphatic carbocycles. The number of halogens is 2. The SMILES string of the molecule is Cc1cc(NC(=O)c2ccc(Cl)cc2)cnc1Cl. The lowest BCUT2D eigenvalue weighted by molar-refractivity contribution is 0.102. The van der Waals surface area contributed by atoms with Crippen LogP contribution in [-0.2, 0) is 0 Å². The smallest absolute Gasteiger partial charge is 0.255 e. The fourth-order valence-electron chi connectivity index (χ4n) is 1.43. The molecule has 0 spiro atoms. The number of hydrogen-bond acceptors (Lipinski definition) is 2. The van der Waals surface area contributed by atoms with Crippen molar-refractivity contribution < 1.29 is 4.79 Å². The molecule has 1 aromatic carbocycles. The molecule has 1 aromatic heterocycles. The van der Waals surface area contributed by atoms with E-state index >= 15 is 0 Å². The van der Waals surface area contributed by atoms with Gasteiger partial charge in [0, 0.05) is 10.6 Å². The van der Waals surface area contributed by atoms with Crippen LogP contribution in [0.25, 0.3) is 0 Å². The van der Waals surface area contributed by atoms with Crippen molar-refractivity contribution >= 4 is 34.8 Å². The van der Waals surface area contributed by atoms with Gasteiger partial charge in [0.2, 0.25) is 0 Å². The van der Waals surface area contributed by atoms with Gasteiger partial charge >= 0.3 is 0 Å². The number of aromatic nitrogens is 1. The minimum absolute atomic E-state index is 0.213. The Labute approximate surface area is 115 Å². The Morgan fingerprint density at radius 1 is 1.22 bits per heavy atom. The van der Waals surface area contributed by atoms with E-state index in [0.29, 0.717) is 21.4 Å². The summed E-state index contributed by atoms with van der Waals surface area (Å²) < 4.78 is 0. The fourth-order valence-corrected chi connectivity index (χ4v) is 1.66. The zero-order valence-electron chi connectivity index (χ0n) is 9.58. The highest BCUT2D eigenvalue weighted by atomic mass is 35.5. The largest absolute Gasteiger partial charge is 0.321 e. The van der Waals surface area contributed by atoms with Crippen LogP contribution in [0.5, 0.6) is 0 Å². The Morgan fingerprint density at radius 2 is 1.89 bits per heavy atom.